The summed E-state index contributed by atoms with van der Waals surface area (Å²) in [6, 6.07) is 0. The molecule has 0 radical (unpaired) electrons. The Bertz CT molecular complexity index is 66.1. The molecule has 0 amide bonds. The zero-order chi connectivity index (χ0) is 7.28. The highest BCUT2D eigenvalue weighted by atomic mass is 19.1. The van der Waals surface area contributed by atoms with Gasteiger partial charge in [-0.15, -0.1) is 0 Å². The molecule has 56 valence electrons. The van der Waals surface area contributed by atoms with E-state index in [9.17, 15) is 4.39 Å². The first-order valence-corrected chi connectivity index (χ1v) is 3.08. The molecule has 0 rings (SSSR count). The van der Waals surface area contributed by atoms with E-state index in [1.54, 1.807) is 6.92 Å². The zero-order valence-electron chi connectivity index (χ0n) is 6.06. The van der Waals surface area contributed by atoms with Crippen LogP contribution in [0, 0.1) is 0 Å². The van der Waals surface area contributed by atoms with E-state index >= 15 is 0 Å². The summed E-state index contributed by atoms with van der Waals surface area (Å²) in [6.45, 7) is 5.38. The normalized spacial score (nSPS) is 17.3. The minimum absolute atomic E-state index is 0.435. The molecule has 0 saturated carbocycles. The summed E-state index contributed by atoms with van der Waals surface area (Å²) >= 11 is 0. The van der Waals surface area contributed by atoms with E-state index in [1.807, 2.05) is 6.92 Å². The molecule has 0 saturated heterocycles. The number of hydrogen-bond acceptors (Lipinski definition) is 2. The van der Waals surface area contributed by atoms with Crippen molar-refractivity contribution in [3.63, 3.8) is 0 Å². The maximum atomic E-state index is 12.0. The zero-order valence-corrected chi connectivity index (χ0v) is 6.06. The molecule has 0 aromatic carbocycles. The highest BCUT2D eigenvalue weighted by Gasteiger charge is 2.04. The van der Waals surface area contributed by atoms with E-state index in [0.717, 1.165) is 0 Å². The van der Waals surface area contributed by atoms with Gasteiger partial charge < -0.3 is 9.47 Å². The fourth-order valence-electron chi connectivity index (χ4n) is 0.538. The van der Waals surface area contributed by atoms with Crippen molar-refractivity contribution in [1.82, 2.24) is 0 Å². The first-order valence-electron chi connectivity index (χ1n) is 3.08. The Morgan fingerprint density at radius 1 is 1.44 bits per heavy atom. The maximum Gasteiger partial charge on any atom is 0.198 e. The van der Waals surface area contributed by atoms with Crippen molar-refractivity contribution in [2.75, 3.05) is 6.61 Å². The molecule has 3 heteroatoms. The van der Waals surface area contributed by atoms with Crippen molar-refractivity contribution in [3.8, 4) is 0 Å². The second kappa shape index (κ2) is 4.70. The molecular weight excluding hydrogens is 123 g/mol. The minimum Gasteiger partial charge on any atom is -0.353 e. The molecular formula is C6H13FO2. The van der Waals surface area contributed by atoms with Crippen molar-refractivity contribution in [2.45, 2.75) is 33.4 Å². The van der Waals surface area contributed by atoms with Crippen LogP contribution < -0.4 is 0 Å². The molecule has 0 bridgehead atoms. The fraction of sp³-hybridized carbons (Fsp3) is 1.00. The average molecular weight is 136 g/mol. The lowest BCUT2D eigenvalue weighted by atomic mass is 10.7. The summed E-state index contributed by atoms with van der Waals surface area (Å²) in [5.74, 6) is 0. The molecule has 0 spiro atoms. The summed E-state index contributed by atoms with van der Waals surface area (Å²) in [7, 11) is 0. The van der Waals surface area contributed by atoms with Crippen LogP contribution in [0.2, 0.25) is 0 Å². The maximum absolute atomic E-state index is 12.0. The van der Waals surface area contributed by atoms with Crippen LogP contribution in [0.1, 0.15) is 20.8 Å². The molecule has 0 aromatic rings. The number of rotatable bonds is 4. The van der Waals surface area contributed by atoms with Gasteiger partial charge in [-0.25, -0.2) is 4.39 Å². The predicted octanol–water partition coefficient (Wildman–Crippen LogP) is 1.70. The van der Waals surface area contributed by atoms with Crippen LogP contribution in [-0.4, -0.2) is 19.3 Å². The van der Waals surface area contributed by atoms with Gasteiger partial charge in [0.1, 0.15) is 0 Å². The Morgan fingerprint density at radius 3 is 2.33 bits per heavy atom. The SMILES string of the molecule is CCOC(C)OC(C)F. The van der Waals surface area contributed by atoms with Crippen LogP contribution in [0.15, 0.2) is 0 Å². The van der Waals surface area contributed by atoms with E-state index in [4.69, 9.17) is 4.74 Å². The lowest BCUT2D eigenvalue weighted by Gasteiger charge is -2.12. The summed E-state index contributed by atoms with van der Waals surface area (Å²) in [5.41, 5.74) is 0. The Morgan fingerprint density at radius 2 is 2.00 bits per heavy atom. The van der Waals surface area contributed by atoms with E-state index in [0.29, 0.717) is 6.61 Å². The van der Waals surface area contributed by atoms with Crippen molar-refractivity contribution in [3.05, 3.63) is 0 Å². The second-order valence-corrected chi connectivity index (χ2v) is 1.70. The van der Waals surface area contributed by atoms with Crippen LogP contribution in [0.5, 0.6) is 0 Å². The van der Waals surface area contributed by atoms with Gasteiger partial charge in [0.05, 0.1) is 0 Å². The van der Waals surface area contributed by atoms with Crippen LogP contribution in [0.4, 0.5) is 4.39 Å². The molecule has 0 aromatic heterocycles. The van der Waals surface area contributed by atoms with Gasteiger partial charge in [0.15, 0.2) is 12.6 Å². The third-order valence-electron chi connectivity index (χ3n) is 0.781. The van der Waals surface area contributed by atoms with Gasteiger partial charge >= 0.3 is 0 Å². The van der Waals surface area contributed by atoms with Gasteiger partial charge in [0, 0.05) is 6.61 Å². The number of ether oxygens (including phenoxy) is 2. The largest absolute Gasteiger partial charge is 0.353 e. The van der Waals surface area contributed by atoms with E-state index in [2.05, 4.69) is 4.74 Å². The van der Waals surface area contributed by atoms with Crippen molar-refractivity contribution < 1.29 is 13.9 Å². The van der Waals surface area contributed by atoms with E-state index in [-0.39, 0.29) is 0 Å². The highest BCUT2D eigenvalue weighted by molar-refractivity contribution is 4.31. The average Bonchev–Trinajstić information content (AvgIpc) is 1.63. The summed E-state index contributed by atoms with van der Waals surface area (Å²) in [6.07, 6.45) is -1.68. The smallest absolute Gasteiger partial charge is 0.198 e. The van der Waals surface area contributed by atoms with Crippen molar-refractivity contribution in [1.29, 1.82) is 0 Å². The summed E-state index contributed by atoms with van der Waals surface area (Å²) in [5, 5.41) is 0. The monoisotopic (exact) mass is 136 g/mol. The lowest BCUT2D eigenvalue weighted by molar-refractivity contribution is -0.185. The predicted molar refractivity (Wildman–Crippen MR) is 32.7 cm³/mol. The topological polar surface area (TPSA) is 18.5 Å². The Hall–Kier alpha value is -0.150. The van der Waals surface area contributed by atoms with Gasteiger partial charge in [0.2, 0.25) is 0 Å². The lowest BCUT2D eigenvalue weighted by Crippen LogP contribution is -2.16. The van der Waals surface area contributed by atoms with Crippen LogP contribution >= 0.6 is 0 Å². The molecule has 0 heterocycles. The van der Waals surface area contributed by atoms with Gasteiger partial charge in [-0.3, -0.25) is 0 Å². The molecule has 2 unspecified atom stereocenters. The summed E-state index contributed by atoms with van der Waals surface area (Å²) in [4.78, 5) is 0. The Balaban J connectivity index is 3.15. The first-order chi connectivity index (χ1) is 4.16. The van der Waals surface area contributed by atoms with Gasteiger partial charge in [-0.05, 0) is 20.8 Å². The van der Waals surface area contributed by atoms with Crippen LogP contribution in [0.3, 0.4) is 0 Å². The van der Waals surface area contributed by atoms with Gasteiger partial charge in [-0.1, -0.05) is 0 Å². The van der Waals surface area contributed by atoms with Crippen LogP contribution in [-0.2, 0) is 9.47 Å². The standard InChI is InChI=1S/C6H13FO2/c1-4-8-6(3)9-5(2)7/h5-6H,4H2,1-3H3. The van der Waals surface area contributed by atoms with Crippen molar-refractivity contribution >= 4 is 0 Å². The Labute approximate surface area is 55.0 Å². The number of halogens is 1. The number of alkyl halides is 1. The van der Waals surface area contributed by atoms with Gasteiger partial charge in [0.25, 0.3) is 0 Å². The van der Waals surface area contributed by atoms with E-state index < -0.39 is 12.6 Å². The third-order valence-corrected chi connectivity index (χ3v) is 0.781. The molecule has 0 aliphatic carbocycles. The molecule has 9 heavy (non-hydrogen) atoms. The molecule has 0 aliphatic heterocycles. The molecule has 0 aliphatic rings. The molecule has 0 N–H and O–H groups in total. The fourth-order valence-corrected chi connectivity index (χ4v) is 0.538. The van der Waals surface area contributed by atoms with Crippen molar-refractivity contribution in [2.24, 2.45) is 0 Å². The highest BCUT2D eigenvalue weighted by Crippen LogP contribution is 1.99. The first kappa shape index (κ1) is 8.85. The van der Waals surface area contributed by atoms with Crippen LogP contribution in [0.25, 0.3) is 0 Å². The molecule has 2 nitrogen and oxygen atoms in total. The minimum atomic E-state index is -1.24. The number of hydrogen-bond donors (Lipinski definition) is 0. The third kappa shape index (κ3) is 5.73. The van der Waals surface area contributed by atoms with E-state index in [1.165, 1.54) is 6.92 Å². The Kier molecular flexibility index (Phi) is 4.62. The summed E-state index contributed by atoms with van der Waals surface area (Å²) < 4.78 is 21.5. The second-order valence-electron chi connectivity index (χ2n) is 1.70. The quantitative estimate of drug-likeness (QED) is 0.547. The molecule has 2 atom stereocenters. The molecule has 0 fully saturated rings. The van der Waals surface area contributed by atoms with Gasteiger partial charge in [-0.2, -0.15) is 0 Å².